The Labute approximate surface area is 176 Å². The van der Waals surface area contributed by atoms with E-state index >= 15 is 0 Å². The lowest BCUT2D eigenvalue weighted by molar-refractivity contribution is 0.404. The van der Waals surface area contributed by atoms with Crippen LogP contribution in [-0.2, 0) is 6.54 Å². The van der Waals surface area contributed by atoms with Crippen LogP contribution in [0.15, 0.2) is 46.8 Å². The Morgan fingerprint density at radius 3 is 2.37 bits per heavy atom. The summed E-state index contributed by atoms with van der Waals surface area (Å²) in [6, 6.07) is 9.87. The van der Waals surface area contributed by atoms with Gasteiger partial charge in [0.2, 0.25) is 0 Å². The van der Waals surface area contributed by atoms with Crippen LogP contribution in [-0.4, -0.2) is 18.8 Å². The Morgan fingerprint density at radius 2 is 1.78 bits per heavy atom. The van der Waals surface area contributed by atoms with Gasteiger partial charge in [-0.05, 0) is 36.8 Å². The molecule has 0 aliphatic heterocycles. The lowest BCUT2D eigenvalue weighted by Crippen LogP contribution is -2.14. The molecule has 0 spiro atoms. The van der Waals surface area contributed by atoms with E-state index in [0.717, 1.165) is 22.6 Å². The van der Waals surface area contributed by atoms with Gasteiger partial charge < -0.3 is 14.0 Å². The summed E-state index contributed by atoms with van der Waals surface area (Å²) in [4.78, 5) is 5.54. The van der Waals surface area contributed by atoms with Gasteiger partial charge in [0, 0.05) is 24.1 Å². The summed E-state index contributed by atoms with van der Waals surface area (Å²) in [6.45, 7) is 2.76. The van der Waals surface area contributed by atoms with Crippen molar-refractivity contribution in [1.82, 2.24) is 4.57 Å². The third-order valence-electron chi connectivity index (χ3n) is 3.92. The molecule has 8 heteroatoms. The Balaban J connectivity index is 0.00000261. The zero-order chi connectivity index (χ0) is 18.7. The van der Waals surface area contributed by atoms with Crippen LogP contribution in [0.25, 0.3) is 11.3 Å². The molecule has 0 aliphatic rings. The number of halogens is 3. The van der Waals surface area contributed by atoms with Gasteiger partial charge in [-0.1, -0.05) is 11.6 Å². The maximum absolute atomic E-state index is 13.2. The third kappa shape index (κ3) is 4.54. The largest absolute Gasteiger partial charge is 0.495 e. The van der Waals surface area contributed by atoms with Gasteiger partial charge in [-0.2, -0.15) is 0 Å². The quantitative estimate of drug-likeness (QED) is 0.465. The second-order valence-corrected chi connectivity index (χ2v) is 6.67. The highest BCUT2D eigenvalue weighted by Gasteiger charge is 2.11. The van der Waals surface area contributed by atoms with Crippen LogP contribution < -0.4 is 14.3 Å². The minimum atomic E-state index is -0.255. The van der Waals surface area contributed by atoms with Gasteiger partial charge in [0.25, 0.3) is 0 Å². The predicted molar refractivity (Wildman–Crippen MR) is 113 cm³/mol. The monoisotopic (exact) mass is 472 g/mol. The highest BCUT2D eigenvalue weighted by atomic mass is 79.9. The fourth-order valence-electron chi connectivity index (χ4n) is 2.61. The summed E-state index contributed by atoms with van der Waals surface area (Å²) in [6.07, 6.45) is 0. The van der Waals surface area contributed by atoms with E-state index in [0.29, 0.717) is 22.2 Å². The van der Waals surface area contributed by atoms with E-state index in [2.05, 4.69) is 4.57 Å². The topological polar surface area (TPSA) is 35.8 Å². The molecule has 0 atom stereocenters. The van der Waals surface area contributed by atoms with Crippen LogP contribution in [0.3, 0.4) is 0 Å². The Morgan fingerprint density at radius 1 is 1.11 bits per heavy atom. The second kappa shape index (κ2) is 9.39. The molecule has 0 amide bonds. The van der Waals surface area contributed by atoms with E-state index in [-0.39, 0.29) is 22.8 Å². The summed E-state index contributed by atoms with van der Waals surface area (Å²) in [5.74, 6) is 0.842. The number of methoxy groups -OCH3 is 2. The maximum Gasteiger partial charge on any atom is 0.190 e. The molecule has 27 heavy (non-hydrogen) atoms. The van der Waals surface area contributed by atoms with Crippen LogP contribution >= 0.6 is 39.9 Å². The molecule has 144 valence electrons. The molecule has 0 aliphatic carbocycles. The molecule has 0 radical (unpaired) electrons. The fourth-order valence-corrected chi connectivity index (χ4v) is 3.83. The van der Waals surface area contributed by atoms with Crippen molar-refractivity contribution in [3.05, 3.63) is 57.4 Å². The average molecular weight is 474 g/mol. The molecule has 4 nitrogen and oxygen atoms in total. The van der Waals surface area contributed by atoms with Crippen molar-refractivity contribution < 1.29 is 13.9 Å². The zero-order valence-corrected chi connectivity index (χ0v) is 18.3. The van der Waals surface area contributed by atoms with Crippen molar-refractivity contribution in [2.24, 2.45) is 4.99 Å². The summed E-state index contributed by atoms with van der Waals surface area (Å²) in [7, 11) is 3.13. The summed E-state index contributed by atoms with van der Waals surface area (Å²) in [5, 5.41) is 2.47. The number of nitrogens with zero attached hydrogens (tertiary/aromatic N) is 2. The molecule has 1 aromatic heterocycles. The lowest BCUT2D eigenvalue weighted by atomic mass is 10.2. The van der Waals surface area contributed by atoms with E-state index in [9.17, 15) is 4.39 Å². The van der Waals surface area contributed by atoms with Crippen LogP contribution in [0.5, 0.6) is 11.5 Å². The fraction of sp³-hybridized carbons (Fsp3) is 0.211. The van der Waals surface area contributed by atoms with Gasteiger partial charge in [0.05, 0.1) is 24.9 Å². The standard InChI is InChI=1S/C19H18ClFN2O2S.BrH/c1-4-23-16(12-5-7-13(21)8-6-12)11-26-19(23)22-15-10-17(24-2)14(20)9-18(15)25-3;/h5-11H,4H2,1-3H3;1H. The van der Waals surface area contributed by atoms with Gasteiger partial charge in [-0.15, -0.1) is 28.3 Å². The highest BCUT2D eigenvalue weighted by Crippen LogP contribution is 2.37. The number of hydrogen-bond acceptors (Lipinski definition) is 4. The number of rotatable bonds is 5. The van der Waals surface area contributed by atoms with E-state index in [1.54, 1.807) is 38.5 Å². The van der Waals surface area contributed by atoms with Gasteiger partial charge in [0.1, 0.15) is 23.0 Å². The van der Waals surface area contributed by atoms with Crippen molar-refractivity contribution >= 4 is 45.6 Å². The second-order valence-electron chi connectivity index (χ2n) is 5.43. The molecule has 0 bridgehead atoms. The first-order valence-corrected chi connectivity index (χ1v) is 9.23. The smallest absolute Gasteiger partial charge is 0.190 e. The molecular formula is C19H19BrClFN2O2S. The van der Waals surface area contributed by atoms with Crippen LogP contribution in [0.4, 0.5) is 10.1 Å². The molecule has 0 N–H and O–H groups in total. The minimum absolute atomic E-state index is 0. The van der Waals surface area contributed by atoms with Crippen LogP contribution in [0, 0.1) is 5.82 Å². The number of hydrogen-bond donors (Lipinski definition) is 0. The van der Waals surface area contributed by atoms with E-state index in [1.807, 2.05) is 12.3 Å². The van der Waals surface area contributed by atoms with Gasteiger partial charge in [-0.25, -0.2) is 9.38 Å². The Kier molecular flexibility index (Phi) is 7.47. The molecule has 0 saturated carbocycles. The van der Waals surface area contributed by atoms with Gasteiger partial charge >= 0.3 is 0 Å². The molecule has 0 fully saturated rings. The van der Waals surface area contributed by atoms with Crippen molar-refractivity contribution in [2.45, 2.75) is 13.5 Å². The summed E-state index contributed by atoms with van der Waals surface area (Å²) < 4.78 is 25.9. The van der Waals surface area contributed by atoms with Crippen molar-refractivity contribution in [1.29, 1.82) is 0 Å². The summed E-state index contributed by atoms with van der Waals surface area (Å²) >= 11 is 7.66. The van der Waals surface area contributed by atoms with Crippen molar-refractivity contribution in [2.75, 3.05) is 14.2 Å². The first-order chi connectivity index (χ1) is 12.6. The molecular weight excluding hydrogens is 455 g/mol. The van der Waals surface area contributed by atoms with Crippen LogP contribution in [0.1, 0.15) is 6.92 Å². The molecule has 2 aromatic carbocycles. The highest BCUT2D eigenvalue weighted by molar-refractivity contribution is 8.93. The van der Waals surface area contributed by atoms with E-state index in [4.69, 9.17) is 26.1 Å². The molecule has 3 rings (SSSR count). The Hall–Kier alpha value is -1.83. The van der Waals surface area contributed by atoms with Crippen molar-refractivity contribution in [3.8, 4) is 22.8 Å². The molecule has 0 saturated heterocycles. The van der Waals surface area contributed by atoms with Gasteiger partial charge in [0.15, 0.2) is 4.80 Å². The number of aromatic nitrogens is 1. The SMILES string of the molecule is Br.CCn1c(-c2ccc(F)cc2)csc1=Nc1cc(OC)c(Cl)cc1OC. The number of thiazole rings is 1. The normalized spacial score (nSPS) is 11.2. The zero-order valence-electron chi connectivity index (χ0n) is 15.0. The third-order valence-corrected chi connectivity index (χ3v) is 5.08. The molecule has 1 heterocycles. The average Bonchev–Trinajstić information content (AvgIpc) is 3.05. The predicted octanol–water partition coefficient (Wildman–Crippen LogP) is 5.86. The first-order valence-electron chi connectivity index (χ1n) is 7.98. The molecule has 3 aromatic rings. The maximum atomic E-state index is 13.2. The first kappa shape index (κ1) is 21.5. The summed E-state index contributed by atoms with van der Waals surface area (Å²) in [5.41, 5.74) is 2.55. The number of ether oxygens (including phenoxy) is 2. The van der Waals surface area contributed by atoms with Gasteiger partial charge in [-0.3, -0.25) is 0 Å². The van der Waals surface area contributed by atoms with Crippen molar-refractivity contribution in [3.63, 3.8) is 0 Å². The van der Waals surface area contributed by atoms with E-state index < -0.39 is 0 Å². The lowest BCUT2D eigenvalue weighted by Gasteiger charge is -2.09. The molecule has 0 unspecified atom stereocenters. The van der Waals surface area contributed by atoms with E-state index in [1.165, 1.54) is 23.5 Å². The minimum Gasteiger partial charge on any atom is -0.495 e. The number of benzene rings is 2. The Bertz CT molecular complexity index is 986. The van der Waals surface area contributed by atoms with Crippen LogP contribution in [0.2, 0.25) is 5.02 Å².